The van der Waals surface area contributed by atoms with Crippen LogP contribution in [0.2, 0.25) is 0 Å². The van der Waals surface area contributed by atoms with Crippen LogP contribution in [0.5, 0.6) is 0 Å². The Morgan fingerprint density at radius 1 is 0.893 bits per heavy atom. The Kier molecular flexibility index (Phi) is 5.38. The Bertz CT molecular complexity index is 1030. The maximum atomic E-state index is 4.50. The summed E-state index contributed by atoms with van der Waals surface area (Å²) in [4.78, 5) is 1.12. The van der Waals surface area contributed by atoms with E-state index < -0.39 is 0 Å². The van der Waals surface area contributed by atoms with Crippen molar-refractivity contribution in [1.29, 1.82) is 0 Å². The molecule has 0 fully saturated rings. The average molecular weight is 406 g/mol. The summed E-state index contributed by atoms with van der Waals surface area (Å²) in [5, 5.41) is 12.0. The molecule has 0 aliphatic carbocycles. The van der Waals surface area contributed by atoms with Crippen molar-refractivity contribution >= 4 is 23.1 Å². The molecule has 28 heavy (non-hydrogen) atoms. The van der Waals surface area contributed by atoms with Gasteiger partial charge in [-0.15, -0.1) is 21.5 Å². The smallest absolute Gasteiger partial charge is 0.196 e. The number of hydrogen-bond acceptors (Lipinski definition) is 4. The van der Waals surface area contributed by atoms with Gasteiger partial charge in [0.25, 0.3) is 0 Å². The van der Waals surface area contributed by atoms with Crippen molar-refractivity contribution in [1.82, 2.24) is 14.8 Å². The maximum absolute atomic E-state index is 4.50. The van der Waals surface area contributed by atoms with Gasteiger partial charge in [0.05, 0.1) is 4.88 Å². The second-order valence-electron chi connectivity index (χ2n) is 7.69. The highest BCUT2D eigenvalue weighted by molar-refractivity contribution is 7.98. The quantitative estimate of drug-likeness (QED) is 0.351. The van der Waals surface area contributed by atoms with Crippen molar-refractivity contribution < 1.29 is 0 Å². The second kappa shape index (κ2) is 7.94. The Morgan fingerprint density at radius 2 is 1.64 bits per heavy atom. The fourth-order valence-electron chi connectivity index (χ4n) is 2.99. The van der Waals surface area contributed by atoms with Gasteiger partial charge >= 0.3 is 0 Å². The lowest BCUT2D eigenvalue weighted by molar-refractivity contribution is 0.590. The first-order chi connectivity index (χ1) is 13.5. The molecule has 0 radical (unpaired) electrons. The standard InChI is InChI=1S/C23H23N3S2/c1-23(2,3)18-13-11-17(12-14-18)16-28-22-25-24-21(20-10-7-15-27-20)26(22)19-8-5-4-6-9-19/h4-15H,16H2,1-3H3. The summed E-state index contributed by atoms with van der Waals surface area (Å²) >= 11 is 3.40. The first-order valence-electron chi connectivity index (χ1n) is 9.29. The number of thioether (sulfide) groups is 1. The lowest BCUT2D eigenvalue weighted by Gasteiger charge is -2.19. The molecule has 3 nitrogen and oxygen atoms in total. The van der Waals surface area contributed by atoms with E-state index in [1.165, 1.54) is 11.1 Å². The monoisotopic (exact) mass is 405 g/mol. The summed E-state index contributed by atoms with van der Waals surface area (Å²) < 4.78 is 2.15. The molecule has 0 saturated carbocycles. The predicted octanol–water partition coefficient (Wildman–Crippen LogP) is 6.59. The van der Waals surface area contributed by atoms with Crippen LogP contribution in [0.15, 0.2) is 77.3 Å². The molecule has 0 N–H and O–H groups in total. The van der Waals surface area contributed by atoms with Crippen molar-refractivity contribution in [2.75, 3.05) is 0 Å². The van der Waals surface area contributed by atoms with Gasteiger partial charge in [0.15, 0.2) is 11.0 Å². The summed E-state index contributed by atoms with van der Waals surface area (Å²) in [5.74, 6) is 1.76. The zero-order valence-corrected chi connectivity index (χ0v) is 17.9. The van der Waals surface area contributed by atoms with Gasteiger partial charge in [0.1, 0.15) is 0 Å². The minimum absolute atomic E-state index is 0.175. The van der Waals surface area contributed by atoms with Gasteiger partial charge in [-0.1, -0.05) is 81.1 Å². The van der Waals surface area contributed by atoms with Crippen molar-refractivity contribution in [3.63, 3.8) is 0 Å². The molecular formula is C23H23N3S2. The van der Waals surface area contributed by atoms with E-state index in [0.29, 0.717) is 0 Å². The highest BCUT2D eigenvalue weighted by Gasteiger charge is 2.17. The van der Waals surface area contributed by atoms with E-state index in [-0.39, 0.29) is 5.41 Å². The number of hydrogen-bond donors (Lipinski definition) is 0. The number of aromatic nitrogens is 3. The van der Waals surface area contributed by atoms with Crippen molar-refractivity contribution in [3.8, 4) is 16.4 Å². The Hall–Kier alpha value is -2.37. The fraction of sp³-hybridized carbons (Fsp3) is 0.217. The molecule has 2 heterocycles. The average Bonchev–Trinajstić information content (AvgIpc) is 3.36. The number of benzene rings is 2. The van der Waals surface area contributed by atoms with Crippen molar-refractivity contribution in [2.45, 2.75) is 37.1 Å². The maximum Gasteiger partial charge on any atom is 0.196 e. The summed E-state index contributed by atoms with van der Waals surface area (Å²) in [6, 6.07) is 23.4. The first-order valence-corrected chi connectivity index (χ1v) is 11.2. The van der Waals surface area contributed by atoms with Gasteiger partial charge in [-0.3, -0.25) is 4.57 Å². The number of para-hydroxylation sites is 1. The van der Waals surface area contributed by atoms with E-state index >= 15 is 0 Å². The Labute approximate surface area is 174 Å². The van der Waals surface area contributed by atoms with Crippen molar-refractivity contribution in [2.24, 2.45) is 0 Å². The van der Waals surface area contributed by atoms with E-state index in [2.05, 4.69) is 83.4 Å². The van der Waals surface area contributed by atoms with E-state index in [1.807, 2.05) is 24.3 Å². The van der Waals surface area contributed by atoms with Crippen LogP contribution >= 0.6 is 23.1 Å². The highest BCUT2D eigenvalue weighted by Crippen LogP contribution is 2.32. The summed E-state index contributed by atoms with van der Waals surface area (Å²) in [7, 11) is 0. The topological polar surface area (TPSA) is 30.7 Å². The third-order valence-corrected chi connectivity index (χ3v) is 6.44. The molecule has 0 aliphatic heterocycles. The molecule has 5 heteroatoms. The molecule has 0 aliphatic rings. The van der Waals surface area contributed by atoms with Crippen LogP contribution in [0.4, 0.5) is 0 Å². The second-order valence-corrected chi connectivity index (χ2v) is 9.58. The van der Waals surface area contributed by atoms with Crippen LogP contribution in [-0.2, 0) is 11.2 Å². The fourth-order valence-corrected chi connectivity index (χ4v) is 4.59. The molecule has 0 amide bonds. The molecule has 4 rings (SSSR count). The molecule has 0 unspecified atom stereocenters. The third-order valence-electron chi connectivity index (χ3n) is 4.58. The SMILES string of the molecule is CC(C)(C)c1ccc(CSc2nnc(-c3cccs3)n2-c2ccccc2)cc1. The van der Waals surface area contributed by atoms with Gasteiger partial charge < -0.3 is 0 Å². The Balaban J connectivity index is 1.62. The summed E-state index contributed by atoms with van der Waals surface area (Å²) in [6.45, 7) is 6.72. The molecular weight excluding hydrogens is 382 g/mol. The first kappa shape index (κ1) is 19.0. The van der Waals surface area contributed by atoms with Crippen LogP contribution in [0.1, 0.15) is 31.9 Å². The predicted molar refractivity (Wildman–Crippen MR) is 119 cm³/mol. The summed E-state index contributed by atoms with van der Waals surface area (Å²) in [6.07, 6.45) is 0. The lowest BCUT2D eigenvalue weighted by Crippen LogP contribution is -2.10. The van der Waals surface area contributed by atoms with E-state index in [1.54, 1.807) is 23.1 Å². The molecule has 2 aromatic heterocycles. The minimum atomic E-state index is 0.175. The molecule has 142 valence electrons. The van der Waals surface area contributed by atoms with E-state index in [0.717, 1.165) is 27.3 Å². The molecule has 0 saturated heterocycles. The molecule has 0 spiro atoms. The van der Waals surface area contributed by atoms with E-state index in [4.69, 9.17) is 0 Å². The normalized spacial score (nSPS) is 11.7. The number of rotatable bonds is 5. The van der Waals surface area contributed by atoms with Crippen LogP contribution in [0.25, 0.3) is 16.4 Å². The van der Waals surface area contributed by atoms with Gasteiger partial charge in [0.2, 0.25) is 0 Å². The number of thiophene rings is 1. The van der Waals surface area contributed by atoms with Crippen LogP contribution < -0.4 is 0 Å². The van der Waals surface area contributed by atoms with Gasteiger partial charge in [-0.25, -0.2) is 0 Å². The largest absolute Gasteiger partial charge is 0.269 e. The zero-order chi connectivity index (χ0) is 19.6. The van der Waals surface area contributed by atoms with Gasteiger partial charge in [-0.05, 0) is 40.1 Å². The van der Waals surface area contributed by atoms with Crippen LogP contribution in [0, 0.1) is 0 Å². The van der Waals surface area contributed by atoms with Crippen LogP contribution in [0.3, 0.4) is 0 Å². The molecule has 0 atom stereocenters. The molecule has 0 bridgehead atoms. The Morgan fingerprint density at radius 3 is 2.29 bits per heavy atom. The van der Waals surface area contributed by atoms with Gasteiger partial charge in [0, 0.05) is 11.4 Å². The highest BCUT2D eigenvalue weighted by atomic mass is 32.2. The summed E-state index contributed by atoms with van der Waals surface area (Å²) in [5.41, 5.74) is 3.91. The lowest BCUT2D eigenvalue weighted by atomic mass is 9.87. The van der Waals surface area contributed by atoms with E-state index in [9.17, 15) is 0 Å². The van der Waals surface area contributed by atoms with Crippen LogP contribution in [-0.4, -0.2) is 14.8 Å². The number of nitrogens with zero attached hydrogens (tertiary/aromatic N) is 3. The molecule has 2 aromatic carbocycles. The molecule has 4 aromatic rings. The minimum Gasteiger partial charge on any atom is -0.269 e. The zero-order valence-electron chi connectivity index (χ0n) is 16.3. The third kappa shape index (κ3) is 4.05. The van der Waals surface area contributed by atoms with Gasteiger partial charge in [-0.2, -0.15) is 0 Å². The van der Waals surface area contributed by atoms with Crippen molar-refractivity contribution in [3.05, 3.63) is 83.2 Å².